The molecule has 2 fully saturated rings. The highest BCUT2D eigenvalue weighted by molar-refractivity contribution is 6.32. The van der Waals surface area contributed by atoms with Gasteiger partial charge in [0, 0.05) is 20.1 Å². The SMILES string of the molecule is COc1ccccc1NC(=O)N(C)CC1CC(Oc2cccc(CN3CCCC3)c2Cl)C1. The van der Waals surface area contributed by atoms with Crippen LogP contribution in [0.25, 0.3) is 0 Å². The highest BCUT2D eigenvalue weighted by atomic mass is 35.5. The zero-order valence-corrected chi connectivity index (χ0v) is 19.6. The van der Waals surface area contributed by atoms with Crippen molar-refractivity contribution < 1.29 is 14.3 Å². The molecule has 0 bridgehead atoms. The number of rotatable bonds is 8. The fraction of sp³-hybridized carbons (Fsp3) is 0.480. The van der Waals surface area contributed by atoms with Crippen LogP contribution in [0.3, 0.4) is 0 Å². The maximum Gasteiger partial charge on any atom is 0.321 e. The number of hydrogen-bond acceptors (Lipinski definition) is 4. The number of nitrogens with zero attached hydrogens (tertiary/aromatic N) is 2. The molecule has 172 valence electrons. The van der Waals surface area contributed by atoms with Gasteiger partial charge in [0.05, 0.1) is 23.9 Å². The van der Waals surface area contributed by atoms with E-state index in [1.165, 1.54) is 12.8 Å². The summed E-state index contributed by atoms with van der Waals surface area (Å²) in [5.41, 5.74) is 1.81. The van der Waals surface area contributed by atoms with Crippen molar-refractivity contribution in [3.05, 3.63) is 53.1 Å². The summed E-state index contributed by atoms with van der Waals surface area (Å²) >= 11 is 6.65. The summed E-state index contributed by atoms with van der Waals surface area (Å²) in [6.07, 6.45) is 4.51. The van der Waals surface area contributed by atoms with Gasteiger partial charge in [-0.25, -0.2) is 4.79 Å². The normalized spacial score (nSPS) is 20.5. The number of carbonyl (C=O) groups excluding carboxylic acids is 1. The Hall–Kier alpha value is -2.44. The van der Waals surface area contributed by atoms with Crippen molar-refractivity contribution in [2.24, 2.45) is 5.92 Å². The molecule has 0 radical (unpaired) electrons. The van der Waals surface area contributed by atoms with Crippen molar-refractivity contribution >= 4 is 23.3 Å². The largest absolute Gasteiger partial charge is 0.495 e. The van der Waals surface area contributed by atoms with Gasteiger partial charge in [-0.15, -0.1) is 0 Å². The Morgan fingerprint density at radius 1 is 1.12 bits per heavy atom. The number of hydrogen-bond donors (Lipinski definition) is 1. The molecule has 0 unspecified atom stereocenters. The summed E-state index contributed by atoms with van der Waals surface area (Å²) in [5, 5.41) is 3.65. The van der Waals surface area contributed by atoms with Crippen molar-refractivity contribution in [2.45, 2.75) is 38.3 Å². The van der Waals surface area contributed by atoms with E-state index in [-0.39, 0.29) is 12.1 Å². The summed E-state index contributed by atoms with van der Waals surface area (Å²) in [6, 6.07) is 13.3. The molecule has 0 aromatic heterocycles. The molecule has 0 spiro atoms. The topological polar surface area (TPSA) is 54.0 Å². The Labute approximate surface area is 195 Å². The first-order valence-electron chi connectivity index (χ1n) is 11.3. The van der Waals surface area contributed by atoms with E-state index in [1.807, 2.05) is 43.4 Å². The van der Waals surface area contributed by atoms with Crippen LogP contribution in [0.5, 0.6) is 11.5 Å². The number of likely N-dealkylation sites (tertiary alicyclic amines) is 1. The predicted molar refractivity (Wildman–Crippen MR) is 128 cm³/mol. The maximum atomic E-state index is 12.6. The summed E-state index contributed by atoms with van der Waals surface area (Å²) < 4.78 is 11.5. The minimum absolute atomic E-state index is 0.142. The zero-order chi connectivity index (χ0) is 22.5. The van der Waals surface area contributed by atoms with Gasteiger partial charge in [0.2, 0.25) is 0 Å². The second-order valence-corrected chi connectivity index (χ2v) is 9.18. The molecule has 1 saturated heterocycles. The van der Waals surface area contributed by atoms with Gasteiger partial charge in [-0.05, 0) is 68.5 Å². The predicted octanol–water partition coefficient (Wildman–Crippen LogP) is 5.27. The smallest absolute Gasteiger partial charge is 0.321 e. The third-order valence-electron chi connectivity index (χ3n) is 6.35. The minimum Gasteiger partial charge on any atom is -0.495 e. The van der Waals surface area contributed by atoms with E-state index in [1.54, 1.807) is 12.0 Å². The number of ether oxygens (including phenoxy) is 2. The number of carbonyl (C=O) groups is 1. The van der Waals surface area contributed by atoms with Crippen LogP contribution in [-0.2, 0) is 6.54 Å². The van der Waals surface area contributed by atoms with E-state index in [2.05, 4.69) is 16.3 Å². The molecule has 1 heterocycles. The number of nitrogens with one attached hydrogen (secondary N) is 1. The molecule has 1 N–H and O–H groups in total. The Morgan fingerprint density at radius 3 is 2.59 bits per heavy atom. The number of anilines is 1. The van der Waals surface area contributed by atoms with Crippen LogP contribution in [0.15, 0.2) is 42.5 Å². The van der Waals surface area contributed by atoms with Crippen molar-refractivity contribution in [2.75, 3.05) is 39.1 Å². The van der Waals surface area contributed by atoms with Crippen LogP contribution in [0.4, 0.5) is 10.5 Å². The molecular weight excluding hydrogens is 426 g/mol. The lowest BCUT2D eigenvalue weighted by molar-refractivity contribution is 0.0532. The van der Waals surface area contributed by atoms with Gasteiger partial charge in [-0.2, -0.15) is 0 Å². The van der Waals surface area contributed by atoms with Gasteiger partial charge >= 0.3 is 6.03 Å². The molecule has 6 nitrogen and oxygen atoms in total. The zero-order valence-electron chi connectivity index (χ0n) is 18.9. The van der Waals surface area contributed by atoms with Gasteiger partial charge in [0.1, 0.15) is 11.5 Å². The van der Waals surface area contributed by atoms with E-state index >= 15 is 0 Å². The molecule has 0 atom stereocenters. The van der Waals surface area contributed by atoms with Crippen LogP contribution in [0, 0.1) is 5.92 Å². The quantitative estimate of drug-likeness (QED) is 0.587. The second-order valence-electron chi connectivity index (χ2n) is 8.80. The first-order valence-corrected chi connectivity index (χ1v) is 11.7. The third-order valence-corrected chi connectivity index (χ3v) is 6.78. The summed E-state index contributed by atoms with van der Waals surface area (Å²) in [7, 11) is 3.41. The Morgan fingerprint density at radius 2 is 1.84 bits per heavy atom. The fourth-order valence-corrected chi connectivity index (χ4v) is 4.71. The molecule has 32 heavy (non-hydrogen) atoms. The van der Waals surface area contributed by atoms with Crippen molar-refractivity contribution in [1.29, 1.82) is 0 Å². The van der Waals surface area contributed by atoms with Crippen LogP contribution < -0.4 is 14.8 Å². The van der Waals surface area contributed by atoms with E-state index in [4.69, 9.17) is 21.1 Å². The molecular formula is C25H32ClN3O3. The molecule has 2 amide bonds. The van der Waals surface area contributed by atoms with Gasteiger partial charge < -0.3 is 19.7 Å². The average molecular weight is 458 g/mol. The molecule has 1 aliphatic carbocycles. The minimum atomic E-state index is -0.142. The first kappa shape index (κ1) is 22.7. The summed E-state index contributed by atoms with van der Waals surface area (Å²) in [6.45, 7) is 3.85. The molecule has 1 aliphatic heterocycles. The van der Waals surface area contributed by atoms with Crippen LogP contribution >= 0.6 is 11.6 Å². The summed E-state index contributed by atoms with van der Waals surface area (Å²) in [4.78, 5) is 16.7. The Balaban J connectivity index is 1.24. The maximum absolute atomic E-state index is 12.6. The van der Waals surface area contributed by atoms with Crippen LogP contribution in [0.2, 0.25) is 5.02 Å². The number of methoxy groups -OCH3 is 1. The molecule has 7 heteroatoms. The van der Waals surface area contributed by atoms with E-state index in [9.17, 15) is 4.79 Å². The van der Waals surface area contributed by atoms with E-state index in [0.717, 1.165) is 48.8 Å². The Bertz CT molecular complexity index is 926. The molecule has 1 saturated carbocycles. The molecule has 2 aromatic rings. The van der Waals surface area contributed by atoms with Crippen molar-refractivity contribution in [3.63, 3.8) is 0 Å². The number of urea groups is 1. The Kier molecular flexibility index (Phi) is 7.43. The molecule has 2 aliphatic rings. The highest BCUT2D eigenvalue weighted by Crippen LogP contribution is 2.36. The van der Waals surface area contributed by atoms with Gasteiger partial charge in [-0.3, -0.25) is 4.90 Å². The second kappa shape index (κ2) is 10.5. The third kappa shape index (κ3) is 5.48. The summed E-state index contributed by atoms with van der Waals surface area (Å²) in [5.74, 6) is 1.84. The van der Waals surface area contributed by atoms with Gasteiger partial charge in [0.15, 0.2) is 0 Å². The number of halogens is 1. The average Bonchev–Trinajstić information content (AvgIpc) is 3.28. The lowest BCUT2D eigenvalue weighted by atomic mass is 9.82. The number of amides is 2. The van der Waals surface area contributed by atoms with Crippen molar-refractivity contribution in [3.8, 4) is 11.5 Å². The number of para-hydroxylation sites is 2. The van der Waals surface area contributed by atoms with Crippen LogP contribution in [-0.4, -0.2) is 55.7 Å². The van der Waals surface area contributed by atoms with E-state index in [0.29, 0.717) is 23.9 Å². The fourth-order valence-electron chi connectivity index (χ4n) is 4.48. The number of benzene rings is 2. The molecule has 2 aromatic carbocycles. The first-order chi connectivity index (χ1) is 15.5. The monoisotopic (exact) mass is 457 g/mol. The van der Waals surface area contributed by atoms with Crippen LogP contribution in [0.1, 0.15) is 31.2 Å². The lowest BCUT2D eigenvalue weighted by Gasteiger charge is -2.37. The lowest BCUT2D eigenvalue weighted by Crippen LogP contribution is -2.43. The molecule has 4 rings (SSSR count). The standard InChI is InChI=1S/C25H32ClN3O3/c1-28(25(30)27-21-9-3-4-10-22(21)31-2)16-18-14-20(15-18)32-23-11-7-8-19(24(23)26)17-29-12-5-6-13-29/h3-4,7-11,18,20H,5-6,12-17H2,1-2H3,(H,27,30). The van der Waals surface area contributed by atoms with Gasteiger partial charge in [-0.1, -0.05) is 35.9 Å². The highest BCUT2D eigenvalue weighted by Gasteiger charge is 2.33. The van der Waals surface area contributed by atoms with E-state index < -0.39 is 0 Å². The van der Waals surface area contributed by atoms with Crippen molar-refractivity contribution in [1.82, 2.24) is 9.80 Å². The van der Waals surface area contributed by atoms with Gasteiger partial charge in [0.25, 0.3) is 0 Å².